The minimum atomic E-state index is -0.597. The second-order valence-electron chi connectivity index (χ2n) is 5.98. The maximum atomic E-state index is 13.5. The lowest BCUT2D eigenvalue weighted by Gasteiger charge is -2.15. The van der Waals surface area contributed by atoms with Crippen LogP contribution in [0.3, 0.4) is 0 Å². The molecule has 26 heavy (non-hydrogen) atoms. The van der Waals surface area contributed by atoms with E-state index < -0.39 is 17.6 Å². The monoisotopic (exact) mass is 389 g/mol. The molecular weight excluding hydrogens is 373 g/mol. The van der Waals surface area contributed by atoms with Crippen molar-refractivity contribution in [1.82, 2.24) is 0 Å². The zero-order chi connectivity index (χ0) is 19.0. The van der Waals surface area contributed by atoms with Crippen LogP contribution in [0.2, 0.25) is 5.02 Å². The molecule has 0 aliphatic carbocycles. The molecule has 0 spiro atoms. The van der Waals surface area contributed by atoms with Crippen LogP contribution in [0.15, 0.2) is 41.3 Å². The molecule has 1 aliphatic rings. The van der Waals surface area contributed by atoms with Crippen molar-refractivity contribution in [3.63, 3.8) is 0 Å². The summed E-state index contributed by atoms with van der Waals surface area (Å²) in [5.74, 6) is -0.768. The number of rotatable bonds is 4. The van der Waals surface area contributed by atoms with Crippen molar-refractivity contribution in [3.05, 3.63) is 68.8 Å². The van der Waals surface area contributed by atoms with E-state index >= 15 is 0 Å². The summed E-state index contributed by atoms with van der Waals surface area (Å²) in [5.41, 5.74) is 3.50. The number of nitrogens with zero attached hydrogens (tertiary/aromatic N) is 1. The standard InChI is InChI=1S/C20H17ClFNO2S/c1-4-26-18-17(13-6-5-11(2)12(3)9-13)19(24)23(20(18)25)14-7-8-16(22)15(21)10-14/h5-10H,4H2,1-3H3. The summed E-state index contributed by atoms with van der Waals surface area (Å²) in [4.78, 5) is 27.5. The molecule has 0 atom stereocenters. The van der Waals surface area contributed by atoms with Crippen molar-refractivity contribution in [2.75, 3.05) is 10.7 Å². The largest absolute Gasteiger partial charge is 0.272 e. The molecule has 2 aromatic rings. The summed E-state index contributed by atoms with van der Waals surface area (Å²) >= 11 is 7.16. The topological polar surface area (TPSA) is 37.4 Å². The highest BCUT2D eigenvalue weighted by atomic mass is 35.5. The second kappa shape index (κ2) is 7.25. The van der Waals surface area contributed by atoms with Gasteiger partial charge in [0.05, 0.1) is 21.2 Å². The molecule has 0 unspecified atom stereocenters. The first-order valence-corrected chi connectivity index (χ1v) is 9.50. The molecule has 0 radical (unpaired) electrons. The van der Waals surface area contributed by atoms with E-state index in [0.717, 1.165) is 22.1 Å². The van der Waals surface area contributed by atoms with Crippen molar-refractivity contribution < 1.29 is 14.0 Å². The first-order chi connectivity index (χ1) is 12.3. The molecule has 1 heterocycles. The number of aryl methyl sites for hydroxylation is 2. The second-order valence-corrected chi connectivity index (χ2v) is 7.66. The SMILES string of the molecule is CCSC1=C(c2ccc(C)c(C)c2)C(=O)N(c2ccc(F)c(Cl)c2)C1=O. The predicted octanol–water partition coefficient (Wildman–Crippen LogP) is 5.13. The fraction of sp³-hybridized carbons (Fsp3) is 0.200. The third-order valence-corrected chi connectivity index (χ3v) is 5.53. The first kappa shape index (κ1) is 18.7. The van der Waals surface area contributed by atoms with Crippen LogP contribution in [0.4, 0.5) is 10.1 Å². The van der Waals surface area contributed by atoms with Crippen LogP contribution < -0.4 is 4.90 Å². The molecule has 0 N–H and O–H groups in total. The highest BCUT2D eigenvalue weighted by molar-refractivity contribution is 8.04. The lowest BCUT2D eigenvalue weighted by molar-refractivity contribution is -0.119. The van der Waals surface area contributed by atoms with Crippen molar-refractivity contribution in [3.8, 4) is 0 Å². The molecule has 0 bridgehead atoms. The molecule has 2 aromatic carbocycles. The van der Waals surface area contributed by atoms with E-state index in [-0.39, 0.29) is 10.7 Å². The van der Waals surface area contributed by atoms with E-state index in [9.17, 15) is 14.0 Å². The molecule has 6 heteroatoms. The van der Waals surface area contributed by atoms with Crippen LogP contribution in [0.1, 0.15) is 23.6 Å². The fourth-order valence-corrected chi connectivity index (χ4v) is 3.83. The van der Waals surface area contributed by atoms with Gasteiger partial charge < -0.3 is 0 Å². The molecule has 134 valence electrons. The first-order valence-electron chi connectivity index (χ1n) is 8.13. The van der Waals surface area contributed by atoms with Gasteiger partial charge in [0.1, 0.15) is 5.82 Å². The Morgan fingerprint density at radius 3 is 2.38 bits per heavy atom. The van der Waals surface area contributed by atoms with Gasteiger partial charge in [0, 0.05) is 0 Å². The van der Waals surface area contributed by atoms with Gasteiger partial charge in [0.25, 0.3) is 11.8 Å². The number of hydrogen-bond acceptors (Lipinski definition) is 3. The highest BCUT2D eigenvalue weighted by Gasteiger charge is 2.40. The number of imide groups is 1. The van der Waals surface area contributed by atoms with Gasteiger partial charge in [-0.15, -0.1) is 11.8 Å². The maximum Gasteiger partial charge on any atom is 0.272 e. The zero-order valence-electron chi connectivity index (χ0n) is 14.6. The molecule has 3 rings (SSSR count). The van der Waals surface area contributed by atoms with E-state index in [1.807, 2.05) is 39.0 Å². The van der Waals surface area contributed by atoms with Gasteiger partial charge in [-0.1, -0.05) is 36.7 Å². The van der Waals surface area contributed by atoms with E-state index in [1.54, 1.807) is 0 Å². The van der Waals surface area contributed by atoms with Gasteiger partial charge in [-0.3, -0.25) is 9.59 Å². The van der Waals surface area contributed by atoms with Gasteiger partial charge in [-0.25, -0.2) is 9.29 Å². The van der Waals surface area contributed by atoms with Crippen LogP contribution in [0.25, 0.3) is 5.57 Å². The normalized spacial score (nSPS) is 14.6. The Morgan fingerprint density at radius 1 is 1.04 bits per heavy atom. The Labute approximate surface area is 160 Å². The summed E-state index contributed by atoms with van der Waals surface area (Å²) in [5, 5.41) is -0.132. The molecule has 0 saturated heterocycles. The van der Waals surface area contributed by atoms with Crippen molar-refractivity contribution >= 4 is 46.4 Å². The van der Waals surface area contributed by atoms with Gasteiger partial charge in [-0.2, -0.15) is 0 Å². The quantitative estimate of drug-likeness (QED) is 0.680. The van der Waals surface area contributed by atoms with Gasteiger partial charge in [0.2, 0.25) is 0 Å². The Kier molecular flexibility index (Phi) is 5.21. The van der Waals surface area contributed by atoms with E-state index in [1.165, 1.54) is 23.9 Å². The number of carbonyl (C=O) groups excluding carboxylic acids is 2. The van der Waals surface area contributed by atoms with Crippen molar-refractivity contribution in [2.24, 2.45) is 0 Å². The molecular formula is C20H17ClFNO2S. The summed E-state index contributed by atoms with van der Waals surface area (Å²) in [6.07, 6.45) is 0. The van der Waals surface area contributed by atoms with Crippen LogP contribution in [0, 0.1) is 19.7 Å². The molecule has 0 saturated carbocycles. The Bertz CT molecular complexity index is 955. The van der Waals surface area contributed by atoms with Gasteiger partial charge in [-0.05, 0) is 54.5 Å². The summed E-state index contributed by atoms with van der Waals surface area (Å²) < 4.78 is 13.5. The molecule has 2 amide bonds. The number of halogens is 2. The Hall–Kier alpha value is -2.11. The van der Waals surface area contributed by atoms with Gasteiger partial charge in [0.15, 0.2) is 0 Å². The Balaban J connectivity index is 2.12. The average Bonchev–Trinajstić information content (AvgIpc) is 2.84. The summed E-state index contributed by atoms with van der Waals surface area (Å²) in [7, 11) is 0. The third kappa shape index (κ3) is 3.17. The lowest BCUT2D eigenvalue weighted by Crippen LogP contribution is -2.31. The van der Waals surface area contributed by atoms with Crippen molar-refractivity contribution in [2.45, 2.75) is 20.8 Å². The number of carbonyl (C=O) groups is 2. The number of anilines is 1. The van der Waals surface area contributed by atoms with Crippen LogP contribution in [0.5, 0.6) is 0 Å². The minimum Gasteiger partial charge on any atom is -0.268 e. The van der Waals surface area contributed by atoms with E-state index in [4.69, 9.17) is 11.6 Å². The van der Waals surface area contributed by atoms with E-state index in [2.05, 4.69) is 0 Å². The number of amides is 2. The van der Waals surface area contributed by atoms with Crippen LogP contribution >= 0.6 is 23.4 Å². The number of benzene rings is 2. The smallest absolute Gasteiger partial charge is 0.268 e. The van der Waals surface area contributed by atoms with Crippen LogP contribution in [-0.2, 0) is 9.59 Å². The molecule has 3 nitrogen and oxygen atoms in total. The fourth-order valence-electron chi connectivity index (χ4n) is 2.80. The maximum absolute atomic E-state index is 13.5. The third-order valence-electron chi connectivity index (χ3n) is 4.29. The summed E-state index contributed by atoms with van der Waals surface area (Å²) in [6, 6.07) is 9.52. The van der Waals surface area contributed by atoms with Gasteiger partial charge >= 0.3 is 0 Å². The van der Waals surface area contributed by atoms with Crippen molar-refractivity contribution in [1.29, 1.82) is 0 Å². The zero-order valence-corrected chi connectivity index (χ0v) is 16.2. The average molecular weight is 390 g/mol. The molecule has 0 fully saturated rings. The predicted molar refractivity (Wildman–Crippen MR) is 105 cm³/mol. The van der Waals surface area contributed by atoms with E-state index in [0.29, 0.717) is 21.8 Å². The Morgan fingerprint density at radius 2 is 1.77 bits per heavy atom. The molecule has 0 aromatic heterocycles. The minimum absolute atomic E-state index is 0.132. The number of thioether (sulfide) groups is 1. The lowest BCUT2D eigenvalue weighted by atomic mass is 10.0. The van der Waals surface area contributed by atoms with Crippen LogP contribution in [-0.4, -0.2) is 17.6 Å². The number of hydrogen-bond donors (Lipinski definition) is 0. The highest BCUT2D eigenvalue weighted by Crippen LogP contribution is 2.39. The molecule has 1 aliphatic heterocycles. The summed E-state index contributed by atoms with van der Waals surface area (Å²) in [6.45, 7) is 5.87.